The van der Waals surface area contributed by atoms with E-state index in [4.69, 9.17) is 11.6 Å². The second-order valence-corrected chi connectivity index (χ2v) is 15.8. The second-order valence-electron chi connectivity index (χ2n) is 13.5. The maximum absolute atomic E-state index is 15.3. The Morgan fingerprint density at radius 1 is 0.904 bits per heavy atom. The van der Waals surface area contributed by atoms with E-state index >= 15 is 8.78 Å². The van der Waals surface area contributed by atoms with Crippen molar-refractivity contribution in [2.75, 3.05) is 12.4 Å². The molecule has 5 rings (SSSR count). The fourth-order valence-corrected chi connectivity index (χ4v) is 7.47. The third-order valence-electron chi connectivity index (χ3n) is 8.67. The highest BCUT2D eigenvalue weighted by Gasteiger charge is 2.43. The Hall–Kier alpha value is -4.53. The number of aromatic hydroxyl groups is 1. The Bertz CT molecular complexity index is 2130. The summed E-state index contributed by atoms with van der Waals surface area (Å²) in [6.45, 7) is 5.09. The van der Waals surface area contributed by atoms with Gasteiger partial charge >= 0.3 is 5.97 Å². The molecule has 0 saturated heterocycles. The molecular formula is C37H34ClF5N2O6S. The van der Waals surface area contributed by atoms with Gasteiger partial charge in [0.05, 0.1) is 7.11 Å². The predicted octanol–water partition coefficient (Wildman–Crippen LogP) is 8.14. The molecule has 1 aliphatic rings. The summed E-state index contributed by atoms with van der Waals surface area (Å²) in [5.74, 6) is -15.1. The number of anilines is 1. The summed E-state index contributed by atoms with van der Waals surface area (Å²) in [7, 11) is -4.65. The van der Waals surface area contributed by atoms with Crippen molar-refractivity contribution in [2.24, 2.45) is 0 Å². The number of sulfonamides is 1. The van der Waals surface area contributed by atoms with E-state index < -0.39 is 86.1 Å². The van der Waals surface area contributed by atoms with Crippen LogP contribution in [-0.2, 0) is 37.9 Å². The van der Waals surface area contributed by atoms with E-state index in [0.29, 0.717) is 9.87 Å². The van der Waals surface area contributed by atoms with Crippen molar-refractivity contribution in [1.29, 1.82) is 0 Å². The first-order valence-corrected chi connectivity index (χ1v) is 17.8. The molecule has 1 aliphatic carbocycles. The Morgan fingerprint density at radius 3 is 2.04 bits per heavy atom. The maximum atomic E-state index is 15.3. The van der Waals surface area contributed by atoms with Crippen molar-refractivity contribution < 1.29 is 49.8 Å². The van der Waals surface area contributed by atoms with E-state index in [1.807, 2.05) is 26.8 Å². The van der Waals surface area contributed by atoms with Crippen LogP contribution in [-0.4, -0.2) is 42.9 Å². The summed E-state index contributed by atoms with van der Waals surface area (Å²) in [6, 6.07) is 12.5. The fraction of sp³-hybridized carbons (Fsp3) is 0.297. The number of ether oxygens (including phenoxy) is 1. The molecule has 1 fully saturated rings. The molecule has 0 aliphatic heterocycles. The number of methoxy groups -OCH3 is 1. The highest BCUT2D eigenvalue weighted by atomic mass is 35.5. The molecule has 0 spiro atoms. The first-order chi connectivity index (χ1) is 24.3. The minimum absolute atomic E-state index is 0.123. The Kier molecular flexibility index (Phi) is 11.0. The number of esters is 1. The molecule has 4 aromatic rings. The lowest BCUT2D eigenvalue weighted by Crippen LogP contribution is -2.48. The third-order valence-corrected chi connectivity index (χ3v) is 10.8. The minimum Gasteiger partial charge on any atom is -0.507 e. The molecule has 8 nitrogen and oxygen atoms in total. The molecule has 1 saturated carbocycles. The zero-order valence-electron chi connectivity index (χ0n) is 28.4. The summed E-state index contributed by atoms with van der Waals surface area (Å²) in [5, 5.41) is 13.2. The number of halogens is 6. The maximum Gasteiger partial charge on any atom is 0.341 e. The molecule has 0 heterocycles. The summed E-state index contributed by atoms with van der Waals surface area (Å²) in [6.07, 6.45) is 1.38. The van der Waals surface area contributed by atoms with Crippen molar-refractivity contribution in [3.8, 4) is 5.75 Å². The highest BCUT2D eigenvalue weighted by molar-refractivity contribution is 7.89. The summed E-state index contributed by atoms with van der Waals surface area (Å²) < 4.78 is 107. The molecule has 0 aromatic heterocycles. The number of phenols is 1. The Labute approximate surface area is 302 Å². The van der Waals surface area contributed by atoms with Crippen LogP contribution in [0.25, 0.3) is 0 Å². The number of hydrogen-bond acceptors (Lipinski definition) is 6. The van der Waals surface area contributed by atoms with Crippen LogP contribution in [0.15, 0.2) is 65.6 Å². The van der Waals surface area contributed by atoms with Crippen molar-refractivity contribution in [3.63, 3.8) is 0 Å². The van der Waals surface area contributed by atoms with Gasteiger partial charge in [-0.05, 0) is 77.1 Å². The largest absolute Gasteiger partial charge is 0.507 e. The minimum atomic E-state index is -5.74. The van der Waals surface area contributed by atoms with E-state index in [0.717, 1.165) is 43.2 Å². The Balaban J connectivity index is 1.71. The molecule has 0 bridgehead atoms. The fourth-order valence-electron chi connectivity index (χ4n) is 5.65. The van der Waals surface area contributed by atoms with E-state index in [1.54, 1.807) is 12.1 Å². The number of benzene rings is 4. The Morgan fingerprint density at radius 2 is 1.50 bits per heavy atom. The van der Waals surface area contributed by atoms with Gasteiger partial charge in [0.2, 0.25) is 21.7 Å². The van der Waals surface area contributed by atoms with Gasteiger partial charge in [-0.2, -0.15) is 4.31 Å². The average molecular weight is 765 g/mol. The number of carbonyl (C=O) groups is 2. The molecule has 2 N–H and O–H groups in total. The van der Waals surface area contributed by atoms with Crippen molar-refractivity contribution >= 4 is 39.2 Å². The van der Waals surface area contributed by atoms with Gasteiger partial charge in [-0.3, -0.25) is 4.79 Å². The van der Waals surface area contributed by atoms with Crippen LogP contribution in [0, 0.1) is 29.1 Å². The average Bonchev–Trinajstić information content (AvgIpc) is 3.94. The number of carbonyl (C=O) groups excluding carboxylic acids is 2. The molecule has 1 unspecified atom stereocenters. The monoisotopic (exact) mass is 764 g/mol. The lowest BCUT2D eigenvalue weighted by atomic mass is 9.83. The number of amides is 1. The predicted molar refractivity (Wildman–Crippen MR) is 183 cm³/mol. The van der Waals surface area contributed by atoms with Crippen LogP contribution < -0.4 is 5.32 Å². The van der Waals surface area contributed by atoms with Crippen molar-refractivity contribution in [1.82, 2.24) is 4.31 Å². The van der Waals surface area contributed by atoms with Gasteiger partial charge in [0.25, 0.3) is 0 Å². The van der Waals surface area contributed by atoms with Crippen LogP contribution in [0.5, 0.6) is 5.75 Å². The van der Waals surface area contributed by atoms with Gasteiger partial charge in [-0.25, -0.2) is 35.2 Å². The topological polar surface area (TPSA) is 113 Å². The highest BCUT2D eigenvalue weighted by Crippen LogP contribution is 2.42. The van der Waals surface area contributed by atoms with Crippen LogP contribution in [0.3, 0.4) is 0 Å². The van der Waals surface area contributed by atoms with Gasteiger partial charge in [-0.1, -0.05) is 62.7 Å². The molecule has 15 heteroatoms. The van der Waals surface area contributed by atoms with Gasteiger partial charge in [0, 0.05) is 23.3 Å². The van der Waals surface area contributed by atoms with Crippen molar-refractivity contribution in [3.05, 3.63) is 123 Å². The summed E-state index contributed by atoms with van der Waals surface area (Å²) in [5.41, 5.74) is 1.60. The lowest BCUT2D eigenvalue weighted by Gasteiger charge is -2.31. The van der Waals surface area contributed by atoms with Gasteiger partial charge in [0.1, 0.15) is 17.4 Å². The first-order valence-electron chi connectivity index (χ1n) is 16.0. The third kappa shape index (κ3) is 8.08. The molecular weight excluding hydrogens is 731 g/mol. The van der Waals surface area contributed by atoms with E-state index in [1.165, 1.54) is 30.3 Å². The van der Waals surface area contributed by atoms with Gasteiger partial charge in [-0.15, -0.1) is 0 Å². The van der Waals surface area contributed by atoms with Gasteiger partial charge < -0.3 is 15.2 Å². The molecule has 1 atom stereocenters. The molecule has 4 aromatic carbocycles. The summed E-state index contributed by atoms with van der Waals surface area (Å²) in [4.78, 5) is 24.2. The SMILES string of the molecule is COC(=O)c1ccc(NC(=O)C(Cc2cc(C3CC3)cc(C(C)(C)C)c2)N(Cc2ccc(Cl)cc2)S(=O)(=O)c2c(F)c(F)c(F)c(F)c2F)cc1O. The number of phenolic OH excluding ortho intramolecular Hbond substituents is 1. The van der Waals surface area contributed by atoms with Crippen LogP contribution in [0.2, 0.25) is 5.02 Å². The van der Waals surface area contributed by atoms with Crippen LogP contribution in [0.4, 0.5) is 27.6 Å². The van der Waals surface area contributed by atoms with Crippen molar-refractivity contribution in [2.45, 2.75) is 68.8 Å². The van der Waals surface area contributed by atoms with E-state index in [9.17, 15) is 36.3 Å². The lowest BCUT2D eigenvalue weighted by molar-refractivity contribution is -0.119. The second kappa shape index (κ2) is 14.8. The molecule has 52 heavy (non-hydrogen) atoms. The van der Waals surface area contributed by atoms with E-state index in [2.05, 4.69) is 10.1 Å². The molecule has 0 radical (unpaired) electrons. The first kappa shape index (κ1) is 38.7. The van der Waals surface area contributed by atoms with Crippen LogP contribution >= 0.6 is 11.6 Å². The number of nitrogens with one attached hydrogen (secondary N) is 1. The molecule has 1 amide bonds. The van der Waals surface area contributed by atoms with E-state index in [-0.39, 0.29) is 27.8 Å². The summed E-state index contributed by atoms with van der Waals surface area (Å²) >= 11 is 6.02. The zero-order valence-corrected chi connectivity index (χ0v) is 29.9. The van der Waals surface area contributed by atoms with Crippen LogP contribution in [0.1, 0.15) is 72.1 Å². The quantitative estimate of drug-likeness (QED) is 0.0691. The standard InChI is InChI=1S/C37H34ClF5N2O6S/c1-37(2,3)23-14-20(13-22(16-23)21-7-8-21)15-27(35(47)44-25-11-12-26(28(46)17-25)36(48)51-4)45(18-19-5-9-24(38)10-6-19)52(49,50)34-32(42)30(40)29(39)31(41)33(34)43/h5-6,9-14,16-17,21,27,46H,7-8,15,18H2,1-4H3,(H,44,47). The smallest absolute Gasteiger partial charge is 0.341 e. The number of nitrogens with zero attached hydrogens (tertiary/aromatic N) is 1. The normalized spacial score (nSPS) is 14.0. The molecule has 276 valence electrons. The number of rotatable bonds is 11. The zero-order chi connectivity index (χ0) is 38.3. The number of hydrogen-bond donors (Lipinski definition) is 2. The van der Waals surface area contributed by atoms with Gasteiger partial charge in [0.15, 0.2) is 28.2 Å².